The number of rotatable bonds is 1. The fourth-order valence-corrected chi connectivity index (χ4v) is 0. The molecule has 0 aromatic heterocycles. The van der Waals surface area contributed by atoms with Gasteiger partial charge in [0.15, 0.2) is 0 Å². The molecule has 0 saturated heterocycles. The van der Waals surface area contributed by atoms with E-state index in [1.54, 1.807) is 13.8 Å². The van der Waals surface area contributed by atoms with E-state index in [1.807, 2.05) is 0 Å². The van der Waals surface area contributed by atoms with Crippen LogP contribution in [0.15, 0.2) is 0 Å². The molecule has 0 N–H and O–H groups in total. The van der Waals surface area contributed by atoms with Gasteiger partial charge in [-0.25, -0.2) is 0 Å². The van der Waals surface area contributed by atoms with Crippen molar-refractivity contribution >= 4 is 0 Å². The minimum atomic E-state index is -0.282. The van der Waals surface area contributed by atoms with Crippen LogP contribution in [-0.2, 0) is 4.94 Å². The fraction of sp³-hybridized carbons (Fsp3) is 1.00. The van der Waals surface area contributed by atoms with Gasteiger partial charge in [0.2, 0.25) is 0 Å². The number of hydrogen-bond donors (Lipinski definition) is 0. The standard InChI is InChI=1S/C3H7FO.FH/c1-3(2)5-4;/h3H,1-2H3;1H. The van der Waals surface area contributed by atoms with E-state index in [0.29, 0.717) is 0 Å². The third-order valence-corrected chi connectivity index (χ3v) is 0.178. The summed E-state index contributed by atoms with van der Waals surface area (Å²) in [6.45, 7) is 3.25. The van der Waals surface area contributed by atoms with Crippen LogP contribution in [0.25, 0.3) is 0 Å². The van der Waals surface area contributed by atoms with Crippen molar-refractivity contribution in [2.75, 3.05) is 0 Å². The average Bonchev–Trinajstić information content (AvgIpc) is 1.38. The lowest BCUT2D eigenvalue weighted by atomic mass is 10.5. The van der Waals surface area contributed by atoms with E-state index in [0.717, 1.165) is 0 Å². The van der Waals surface area contributed by atoms with E-state index in [1.165, 1.54) is 0 Å². The molecule has 0 aromatic carbocycles. The molecule has 3 heteroatoms. The van der Waals surface area contributed by atoms with Crippen molar-refractivity contribution in [1.82, 2.24) is 0 Å². The van der Waals surface area contributed by atoms with Gasteiger partial charge in [-0.1, -0.05) is 0 Å². The molecule has 0 bridgehead atoms. The molecule has 0 fully saturated rings. The number of hydrogen-bond acceptors (Lipinski definition) is 1. The van der Waals surface area contributed by atoms with Gasteiger partial charge in [0.1, 0.15) is 0 Å². The summed E-state index contributed by atoms with van der Waals surface area (Å²) < 4.78 is 10.6. The quantitative estimate of drug-likeness (QED) is 0.482. The average molecular weight is 98.1 g/mol. The second-order valence-electron chi connectivity index (χ2n) is 1.14. The molecule has 0 heterocycles. The van der Waals surface area contributed by atoms with Gasteiger partial charge in [-0.2, -0.15) is 4.94 Å². The first-order chi connectivity index (χ1) is 2.27. The van der Waals surface area contributed by atoms with Gasteiger partial charge in [0, 0.05) is 0 Å². The molecule has 0 amide bonds. The molecule has 0 saturated carbocycles. The van der Waals surface area contributed by atoms with E-state index < -0.39 is 0 Å². The maximum atomic E-state index is 10.6. The largest absolute Gasteiger partial charge is 0.269 e. The summed E-state index contributed by atoms with van der Waals surface area (Å²) in [7, 11) is 0. The highest BCUT2D eigenvalue weighted by atomic mass is 19.3. The summed E-state index contributed by atoms with van der Waals surface area (Å²) >= 11 is 0. The molecule has 40 valence electrons. The Balaban J connectivity index is 0. The van der Waals surface area contributed by atoms with Crippen LogP contribution in [0.1, 0.15) is 13.8 Å². The van der Waals surface area contributed by atoms with E-state index in [9.17, 15) is 4.53 Å². The molecule has 0 aromatic rings. The van der Waals surface area contributed by atoms with Crippen LogP contribution in [0.4, 0.5) is 9.23 Å². The zero-order valence-corrected chi connectivity index (χ0v) is 3.77. The maximum Gasteiger partial charge on any atom is 0.0927 e. The first-order valence-corrected chi connectivity index (χ1v) is 1.54. The monoisotopic (exact) mass is 98.1 g/mol. The molecular weight excluding hydrogens is 90.0 g/mol. The van der Waals surface area contributed by atoms with Gasteiger partial charge in [-0.15, -0.1) is 0 Å². The van der Waals surface area contributed by atoms with E-state index >= 15 is 0 Å². The van der Waals surface area contributed by atoms with E-state index in [-0.39, 0.29) is 10.8 Å². The topological polar surface area (TPSA) is 9.23 Å². The van der Waals surface area contributed by atoms with E-state index in [2.05, 4.69) is 4.94 Å². The van der Waals surface area contributed by atoms with Crippen LogP contribution in [0.5, 0.6) is 0 Å². The molecule has 0 atom stereocenters. The van der Waals surface area contributed by atoms with Gasteiger partial charge in [-0.05, 0) is 18.4 Å². The van der Waals surface area contributed by atoms with Crippen molar-refractivity contribution in [1.29, 1.82) is 0 Å². The predicted molar refractivity (Wildman–Crippen MR) is 19.8 cm³/mol. The number of halogens is 2. The van der Waals surface area contributed by atoms with Crippen molar-refractivity contribution in [3.05, 3.63) is 0 Å². The predicted octanol–water partition coefficient (Wildman–Crippen LogP) is 1.45. The molecule has 0 unspecified atom stereocenters. The van der Waals surface area contributed by atoms with Gasteiger partial charge < -0.3 is 0 Å². The third kappa shape index (κ3) is 9.17. The fourth-order valence-electron chi connectivity index (χ4n) is 0. The Morgan fingerprint density at radius 2 is 1.67 bits per heavy atom. The molecule has 6 heavy (non-hydrogen) atoms. The van der Waals surface area contributed by atoms with E-state index in [4.69, 9.17) is 0 Å². The molecule has 1 nitrogen and oxygen atoms in total. The summed E-state index contributed by atoms with van der Waals surface area (Å²) in [6.07, 6.45) is -0.282. The van der Waals surface area contributed by atoms with Crippen molar-refractivity contribution < 1.29 is 14.2 Å². The van der Waals surface area contributed by atoms with Crippen LogP contribution < -0.4 is 0 Å². The summed E-state index contributed by atoms with van der Waals surface area (Å²) in [4.78, 5) is 3.25. The van der Waals surface area contributed by atoms with Gasteiger partial charge >= 0.3 is 0 Å². The van der Waals surface area contributed by atoms with Gasteiger partial charge in [-0.3, -0.25) is 4.70 Å². The molecule has 0 rings (SSSR count). The Bertz CT molecular complexity index is 22.8. The highest BCUT2D eigenvalue weighted by Crippen LogP contribution is 1.83. The van der Waals surface area contributed by atoms with Crippen molar-refractivity contribution in [3.8, 4) is 0 Å². The normalized spacial score (nSPS) is 8.00. The molecule has 0 aliphatic heterocycles. The zero-order valence-electron chi connectivity index (χ0n) is 3.77. The molecular formula is C3H8F2O. The lowest BCUT2D eigenvalue weighted by Crippen LogP contribution is -1.90. The van der Waals surface area contributed by atoms with Crippen LogP contribution >= 0.6 is 0 Å². The highest BCUT2D eigenvalue weighted by Gasteiger charge is 1.83. The summed E-state index contributed by atoms with van der Waals surface area (Å²) in [5.41, 5.74) is 0. The first-order valence-electron chi connectivity index (χ1n) is 1.54. The lowest BCUT2D eigenvalue weighted by molar-refractivity contribution is -0.165. The Kier molecular flexibility index (Phi) is 7.44. The Hall–Kier alpha value is -0.180. The van der Waals surface area contributed by atoms with Crippen molar-refractivity contribution in [3.63, 3.8) is 0 Å². The molecule has 0 spiro atoms. The smallest absolute Gasteiger partial charge is 0.0927 e. The minimum absolute atomic E-state index is 0. The summed E-state index contributed by atoms with van der Waals surface area (Å²) in [5, 5.41) is 0. The lowest BCUT2D eigenvalue weighted by Gasteiger charge is -1.87. The minimum Gasteiger partial charge on any atom is -0.269 e. The van der Waals surface area contributed by atoms with Crippen molar-refractivity contribution in [2.24, 2.45) is 0 Å². The first kappa shape index (κ1) is 9.27. The Morgan fingerprint density at radius 3 is 1.67 bits per heavy atom. The second-order valence-corrected chi connectivity index (χ2v) is 1.14. The SMILES string of the molecule is CC(C)OF.F. The Morgan fingerprint density at radius 1 is 1.50 bits per heavy atom. The third-order valence-electron chi connectivity index (χ3n) is 0.178. The van der Waals surface area contributed by atoms with Crippen LogP contribution in [0.3, 0.4) is 0 Å². The maximum absolute atomic E-state index is 10.6. The highest BCUT2D eigenvalue weighted by molar-refractivity contribution is 4.24. The zero-order chi connectivity index (χ0) is 4.28. The Labute approximate surface area is 35.4 Å². The summed E-state index contributed by atoms with van der Waals surface area (Å²) in [5.74, 6) is 0. The second kappa shape index (κ2) is 4.82. The van der Waals surface area contributed by atoms with Crippen LogP contribution in [0.2, 0.25) is 0 Å². The molecule has 0 radical (unpaired) electrons. The van der Waals surface area contributed by atoms with Crippen molar-refractivity contribution in [2.45, 2.75) is 20.0 Å². The van der Waals surface area contributed by atoms with Crippen LogP contribution in [0, 0.1) is 0 Å². The summed E-state index contributed by atoms with van der Waals surface area (Å²) in [6, 6.07) is 0. The van der Waals surface area contributed by atoms with Crippen LogP contribution in [-0.4, -0.2) is 6.10 Å². The molecule has 0 aliphatic carbocycles. The molecule has 0 aliphatic rings. The van der Waals surface area contributed by atoms with Gasteiger partial charge in [0.05, 0.1) is 6.10 Å². The van der Waals surface area contributed by atoms with Gasteiger partial charge in [0.25, 0.3) is 0 Å².